The molecule has 1 aromatic heterocycles. The van der Waals surface area contributed by atoms with Gasteiger partial charge in [0.05, 0.1) is 6.10 Å². The molecule has 0 radical (unpaired) electrons. The van der Waals surface area contributed by atoms with Gasteiger partial charge in [-0.1, -0.05) is 23.7 Å². The van der Waals surface area contributed by atoms with Gasteiger partial charge in [0, 0.05) is 17.5 Å². The van der Waals surface area contributed by atoms with E-state index < -0.39 is 0 Å². The standard InChI is InChI=1S/C13H12ClNOS/c14-13-15-8-12(17-13)7-9-1-3-10(4-2-9)16-11-5-6-11/h1-4,8,11H,5-7H2. The Morgan fingerprint density at radius 1 is 1.29 bits per heavy atom. The summed E-state index contributed by atoms with van der Waals surface area (Å²) in [6, 6.07) is 8.28. The van der Waals surface area contributed by atoms with Crippen LogP contribution in [0.3, 0.4) is 0 Å². The molecule has 3 rings (SSSR count). The van der Waals surface area contributed by atoms with Crippen LogP contribution in [0.1, 0.15) is 23.3 Å². The van der Waals surface area contributed by atoms with Gasteiger partial charge < -0.3 is 4.74 Å². The van der Waals surface area contributed by atoms with E-state index in [1.54, 1.807) is 0 Å². The first-order chi connectivity index (χ1) is 8.29. The van der Waals surface area contributed by atoms with Crippen molar-refractivity contribution in [1.82, 2.24) is 4.98 Å². The van der Waals surface area contributed by atoms with Crippen LogP contribution in [0.5, 0.6) is 5.75 Å². The highest BCUT2D eigenvalue weighted by Crippen LogP contribution is 2.27. The van der Waals surface area contributed by atoms with Crippen molar-refractivity contribution in [2.24, 2.45) is 0 Å². The van der Waals surface area contributed by atoms with Gasteiger partial charge >= 0.3 is 0 Å². The van der Waals surface area contributed by atoms with Crippen LogP contribution >= 0.6 is 22.9 Å². The molecule has 0 aliphatic heterocycles. The van der Waals surface area contributed by atoms with Gasteiger partial charge in [0.15, 0.2) is 4.47 Å². The third-order valence-corrected chi connectivity index (χ3v) is 3.77. The molecule has 17 heavy (non-hydrogen) atoms. The van der Waals surface area contributed by atoms with Gasteiger partial charge in [0.1, 0.15) is 5.75 Å². The largest absolute Gasteiger partial charge is 0.490 e. The van der Waals surface area contributed by atoms with Crippen LogP contribution in [0, 0.1) is 0 Å². The highest BCUT2D eigenvalue weighted by molar-refractivity contribution is 7.15. The van der Waals surface area contributed by atoms with Gasteiger partial charge in [-0.25, -0.2) is 4.98 Å². The lowest BCUT2D eigenvalue weighted by molar-refractivity contribution is 0.303. The molecule has 1 fully saturated rings. The summed E-state index contributed by atoms with van der Waals surface area (Å²) in [5, 5.41) is 0. The van der Waals surface area contributed by atoms with E-state index in [9.17, 15) is 0 Å². The van der Waals surface area contributed by atoms with E-state index in [2.05, 4.69) is 17.1 Å². The lowest BCUT2D eigenvalue weighted by atomic mass is 10.1. The van der Waals surface area contributed by atoms with Crippen LogP contribution in [-0.4, -0.2) is 11.1 Å². The Balaban J connectivity index is 1.66. The first-order valence-corrected chi connectivity index (χ1v) is 6.85. The molecule has 0 spiro atoms. The molecule has 88 valence electrons. The molecule has 1 aliphatic carbocycles. The number of hydrogen-bond donors (Lipinski definition) is 0. The second kappa shape index (κ2) is 4.67. The topological polar surface area (TPSA) is 22.1 Å². The molecule has 0 amide bonds. The molecule has 1 heterocycles. The second-order valence-corrected chi connectivity index (χ2v) is 5.91. The Morgan fingerprint density at radius 3 is 2.65 bits per heavy atom. The van der Waals surface area contributed by atoms with Gasteiger partial charge in [-0.05, 0) is 30.5 Å². The number of nitrogens with zero attached hydrogens (tertiary/aromatic N) is 1. The Morgan fingerprint density at radius 2 is 2.06 bits per heavy atom. The minimum atomic E-state index is 0.459. The van der Waals surface area contributed by atoms with Gasteiger partial charge in [0.25, 0.3) is 0 Å². The summed E-state index contributed by atoms with van der Waals surface area (Å²) in [6.07, 6.45) is 5.57. The SMILES string of the molecule is Clc1ncc(Cc2ccc(OC3CC3)cc2)s1. The lowest BCUT2D eigenvalue weighted by Gasteiger charge is -2.04. The van der Waals surface area contributed by atoms with E-state index in [1.165, 1.54) is 34.6 Å². The maximum Gasteiger partial charge on any atom is 0.183 e. The highest BCUT2D eigenvalue weighted by Gasteiger charge is 2.23. The molecule has 0 N–H and O–H groups in total. The van der Waals surface area contributed by atoms with Crippen molar-refractivity contribution in [3.05, 3.63) is 45.4 Å². The second-order valence-electron chi connectivity index (χ2n) is 4.22. The van der Waals surface area contributed by atoms with Crippen LogP contribution < -0.4 is 4.74 Å². The Kier molecular flexibility index (Phi) is 3.04. The van der Waals surface area contributed by atoms with E-state index in [-0.39, 0.29) is 0 Å². The molecular weight excluding hydrogens is 254 g/mol. The number of benzene rings is 1. The van der Waals surface area contributed by atoms with E-state index in [4.69, 9.17) is 16.3 Å². The van der Waals surface area contributed by atoms with Crippen molar-refractivity contribution in [3.63, 3.8) is 0 Å². The van der Waals surface area contributed by atoms with Crippen LogP contribution in [0.25, 0.3) is 0 Å². The van der Waals surface area contributed by atoms with Crippen molar-refractivity contribution in [3.8, 4) is 5.75 Å². The minimum absolute atomic E-state index is 0.459. The first kappa shape index (κ1) is 11.1. The number of ether oxygens (including phenoxy) is 1. The zero-order valence-corrected chi connectivity index (χ0v) is 10.8. The summed E-state index contributed by atoms with van der Waals surface area (Å²) in [6.45, 7) is 0. The van der Waals surface area contributed by atoms with Crippen LogP contribution in [-0.2, 0) is 6.42 Å². The zero-order valence-electron chi connectivity index (χ0n) is 9.23. The summed E-state index contributed by atoms with van der Waals surface area (Å²) in [5.41, 5.74) is 1.26. The summed E-state index contributed by atoms with van der Waals surface area (Å²) < 4.78 is 6.31. The summed E-state index contributed by atoms with van der Waals surface area (Å²) >= 11 is 7.33. The van der Waals surface area contributed by atoms with Gasteiger partial charge in [-0.3, -0.25) is 0 Å². The van der Waals surface area contributed by atoms with E-state index >= 15 is 0 Å². The summed E-state index contributed by atoms with van der Waals surface area (Å²) in [5.74, 6) is 0.971. The molecule has 1 saturated carbocycles. The molecule has 0 unspecified atom stereocenters. The van der Waals surface area contributed by atoms with Crippen molar-refractivity contribution >= 4 is 22.9 Å². The van der Waals surface area contributed by atoms with Gasteiger partial charge in [-0.2, -0.15) is 0 Å². The Labute approximate surface area is 109 Å². The number of hydrogen-bond acceptors (Lipinski definition) is 3. The van der Waals surface area contributed by atoms with E-state index in [0.717, 1.165) is 12.2 Å². The van der Waals surface area contributed by atoms with Crippen molar-refractivity contribution in [1.29, 1.82) is 0 Å². The Bertz CT molecular complexity index is 504. The molecule has 1 aromatic carbocycles. The normalized spacial score (nSPS) is 14.9. The predicted octanol–water partition coefficient (Wildman–Crippen LogP) is 3.93. The monoisotopic (exact) mass is 265 g/mol. The fourth-order valence-electron chi connectivity index (χ4n) is 1.63. The molecule has 2 aromatic rings. The number of rotatable bonds is 4. The number of halogens is 1. The maximum absolute atomic E-state index is 5.80. The van der Waals surface area contributed by atoms with Crippen LogP contribution in [0.4, 0.5) is 0 Å². The first-order valence-electron chi connectivity index (χ1n) is 5.65. The minimum Gasteiger partial charge on any atom is -0.490 e. The molecule has 0 bridgehead atoms. The average molecular weight is 266 g/mol. The quantitative estimate of drug-likeness (QED) is 0.836. The lowest BCUT2D eigenvalue weighted by Crippen LogP contribution is -1.95. The summed E-state index contributed by atoms with van der Waals surface area (Å²) in [4.78, 5) is 5.22. The highest BCUT2D eigenvalue weighted by atomic mass is 35.5. The van der Waals surface area contributed by atoms with E-state index in [0.29, 0.717) is 10.6 Å². The van der Waals surface area contributed by atoms with Crippen LogP contribution in [0.15, 0.2) is 30.5 Å². The number of thiazole rings is 1. The Hall–Kier alpha value is -1.06. The molecule has 1 aliphatic rings. The fourth-order valence-corrected chi connectivity index (χ4v) is 2.64. The average Bonchev–Trinajstić information content (AvgIpc) is 3.04. The van der Waals surface area contributed by atoms with Gasteiger partial charge in [-0.15, -0.1) is 11.3 Å². The summed E-state index contributed by atoms with van der Waals surface area (Å²) in [7, 11) is 0. The van der Waals surface area contributed by atoms with Crippen molar-refractivity contribution in [2.45, 2.75) is 25.4 Å². The third kappa shape index (κ3) is 2.99. The maximum atomic E-state index is 5.80. The van der Waals surface area contributed by atoms with Crippen molar-refractivity contribution < 1.29 is 4.74 Å². The van der Waals surface area contributed by atoms with E-state index in [1.807, 2.05) is 18.3 Å². The molecule has 0 atom stereocenters. The zero-order chi connectivity index (χ0) is 11.7. The molecular formula is C13H12ClNOS. The smallest absolute Gasteiger partial charge is 0.183 e. The molecule has 4 heteroatoms. The molecule has 2 nitrogen and oxygen atoms in total. The number of aromatic nitrogens is 1. The fraction of sp³-hybridized carbons (Fsp3) is 0.308. The molecule has 0 saturated heterocycles. The van der Waals surface area contributed by atoms with Crippen LogP contribution in [0.2, 0.25) is 4.47 Å². The van der Waals surface area contributed by atoms with Crippen molar-refractivity contribution in [2.75, 3.05) is 0 Å². The van der Waals surface area contributed by atoms with Gasteiger partial charge in [0.2, 0.25) is 0 Å². The third-order valence-electron chi connectivity index (χ3n) is 2.65. The predicted molar refractivity (Wildman–Crippen MR) is 70.0 cm³/mol.